The van der Waals surface area contributed by atoms with E-state index >= 15 is 0 Å². The van der Waals surface area contributed by atoms with Gasteiger partial charge in [-0.1, -0.05) is 42.5 Å². The fourth-order valence-electron chi connectivity index (χ4n) is 1.29. The van der Waals surface area contributed by atoms with Crippen molar-refractivity contribution in [1.82, 2.24) is 5.32 Å². The monoisotopic (exact) mass is 375 g/mol. The molecule has 1 rings (SSSR count). The summed E-state index contributed by atoms with van der Waals surface area (Å²) in [7, 11) is 0. The SMILES string of the molecule is C=C(C)CN=C(N)NCCOCc1ccccc1.I. The summed E-state index contributed by atoms with van der Waals surface area (Å²) in [5, 5.41) is 2.99. The van der Waals surface area contributed by atoms with Crippen LogP contribution >= 0.6 is 24.0 Å². The lowest BCUT2D eigenvalue weighted by Gasteiger charge is -2.07. The molecule has 5 heteroatoms. The fraction of sp³-hybridized carbons (Fsp3) is 0.357. The molecule has 0 unspecified atom stereocenters. The summed E-state index contributed by atoms with van der Waals surface area (Å²) in [6, 6.07) is 10.1. The zero-order chi connectivity index (χ0) is 13.2. The van der Waals surface area contributed by atoms with Gasteiger partial charge in [0.05, 0.1) is 19.8 Å². The fourth-order valence-corrected chi connectivity index (χ4v) is 1.29. The van der Waals surface area contributed by atoms with Crippen molar-refractivity contribution in [2.45, 2.75) is 13.5 Å². The molecule has 106 valence electrons. The number of hydrogen-bond donors (Lipinski definition) is 2. The van der Waals surface area contributed by atoms with E-state index in [0.29, 0.717) is 32.3 Å². The van der Waals surface area contributed by atoms with E-state index < -0.39 is 0 Å². The Balaban J connectivity index is 0.00000324. The first-order valence-corrected chi connectivity index (χ1v) is 5.98. The molecule has 0 fully saturated rings. The molecule has 19 heavy (non-hydrogen) atoms. The molecule has 1 aromatic carbocycles. The second-order valence-corrected chi connectivity index (χ2v) is 4.12. The number of nitrogens with zero attached hydrogens (tertiary/aromatic N) is 1. The summed E-state index contributed by atoms with van der Waals surface area (Å²) >= 11 is 0. The average Bonchev–Trinajstić information content (AvgIpc) is 2.37. The summed E-state index contributed by atoms with van der Waals surface area (Å²) in [6.45, 7) is 8.09. The molecule has 0 aliphatic heterocycles. The molecule has 0 radical (unpaired) electrons. The largest absolute Gasteiger partial charge is 0.375 e. The molecule has 0 saturated heterocycles. The van der Waals surface area contributed by atoms with Gasteiger partial charge in [-0.3, -0.25) is 0 Å². The second kappa shape index (κ2) is 10.8. The Morgan fingerprint density at radius 2 is 2.05 bits per heavy atom. The number of guanidine groups is 1. The van der Waals surface area contributed by atoms with Crippen LogP contribution in [-0.2, 0) is 11.3 Å². The van der Waals surface area contributed by atoms with Gasteiger partial charge in [0.1, 0.15) is 0 Å². The topological polar surface area (TPSA) is 59.6 Å². The van der Waals surface area contributed by atoms with Gasteiger partial charge in [-0.15, -0.1) is 24.0 Å². The van der Waals surface area contributed by atoms with E-state index in [2.05, 4.69) is 16.9 Å². The van der Waals surface area contributed by atoms with E-state index in [1.165, 1.54) is 5.56 Å². The first-order valence-electron chi connectivity index (χ1n) is 5.98. The summed E-state index contributed by atoms with van der Waals surface area (Å²) in [5.41, 5.74) is 7.81. The highest BCUT2D eigenvalue weighted by Crippen LogP contribution is 1.99. The molecule has 0 heterocycles. The van der Waals surface area contributed by atoms with Crippen LogP contribution in [0.1, 0.15) is 12.5 Å². The zero-order valence-electron chi connectivity index (χ0n) is 11.3. The van der Waals surface area contributed by atoms with Gasteiger partial charge in [0.15, 0.2) is 5.96 Å². The number of nitrogens with one attached hydrogen (secondary N) is 1. The number of hydrogen-bond acceptors (Lipinski definition) is 2. The van der Waals surface area contributed by atoms with Crippen molar-refractivity contribution < 1.29 is 4.74 Å². The highest BCUT2D eigenvalue weighted by Gasteiger charge is 1.93. The van der Waals surface area contributed by atoms with Crippen LogP contribution in [0.25, 0.3) is 0 Å². The van der Waals surface area contributed by atoms with Crippen LogP contribution < -0.4 is 11.1 Å². The number of ether oxygens (including phenoxy) is 1. The number of aliphatic imine (C=N–C) groups is 1. The van der Waals surface area contributed by atoms with Gasteiger partial charge >= 0.3 is 0 Å². The van der Waals surface area contributed by atoms with Crippen molar-refractivity contribution in [3.8, 4) is 0 Å². The van der Waals surface area contributed by atoms with E-state index in [1.807, 2.05) is 37.3 Å². The lowest BCUT2D eigenvalue weighted by atomic mass is 10.2. The third kappa shape index (κ3) is 9.49. The van der Waals surface area contributed by atoms with Gasteiger partial charge in [0.2, 0.25) is 0 Å². The average molecular weight is 375 g/mol. The minimum atomic E-state index is 0. The van der Waals surface area contributed by atoms with Gasteiger partial charge in [0, 0.05) is 6.54 Å². The van der Waals surface area contributed by atoms with Gasteiger partial charge in [0.25, 0.3) is 0 Å². The molecule has 0 spiro atoms. The van der Waals surface area contributed by atoms with Crippen molar-refractivity contribution in [2.75, 3.05) is 19.7 Å². The summed E-state index contributed by atoms with van der Waals surface area (Å²) in [4.78, 5) is 4.11. The van der Waals surface area contributed by atoms with Crippen molar-refractivity contribution in [3.05, 3.63) is 48.0 Å². The number of nitrogens with two attached hydrogens (primary N) is 1. The Labute approximate surface area is 132 Å². The Morgan fingerprint density at radius 3 is 2.68 bits per heavy atom. The Kier molecular flexibility index (Phi) is 10.2. The molecular formula is C14H22IN3O. The normalized spacial score (nSPS) is 10.7. The molecule has 0 amide bonds. The maximum absolute atomic E-state index is 5.66. The minimum Gasteiger partial charge on any atom is -0.375 e. The third-order valence-electron chi connectivity index (χ3n) is 2.18. The zero-order valence-corrected chi connectivity index (χ0v) is 13.6. The summed E-state index contributed by atoms with van der Waals surface area (Å²) < 4.78 is 5.51. The van der Waals surface area contributed by atoms with Gasteiger partial charge in [-0.2, -0.15) is 0 Å². The Morgan fingerprint density at radius 1 is 1.37 bits per heavy atom. The van der Waals surface area contributed by atoms with Crippen LogP contribution in [0.3, 0.4) is 0 Å². The molecule has 1 aromatic rings. The number of benzene rings is 1. The Bertz CT molecular complexity index is 393. The van der Waals surface area contributed by atoms with Crippen molar-refractivity contribution in [1.29, 1.82) is 0 Å². The predicted octanol–water partition coefficient (Wildman–Crippen LogP) is 2.30. The summed E-state index contributed by atoms with van der Waals surface area (Å²) in [6.07, 6.45) is 0. The van der Waals surface area contributed by atoms with Crippen LogP contribution in [0.4, 0.5) is 0 Å². The van der Waals surface area contributed by atoms with Crippen LogP contribution in [0.5, 0.6) is 0 Å². The highest BCUT2D eigenvalue weighted by atomic mass is 127. The third-order valence-corrected chi connectivity index (χ3v) is 2.18. The summed E-state index contributed by atoms with van der Waals surface area (Å²) in [5.74, 6) is 0.432. The molecule has 0 saturated carbocycles. The van der Waals surface area contributed by atoms with Gasteiger partial charge < -0.3 is 15.8 Å². The smallest absolute Gasteiger partial charge is 0.188 e. The van der Waals surface area contributed by atoms with Gasteiger partial charge in [-0.05, 0) is 12.5 Å². The quantitative estimate of drug-likeness (QED) is 0.253. The predicted molar refractivity (Wildman–Crippen MR) is 90.8 cm³/mol. The van der Waals surface area contributed by atoms with Crippen LogP contribution in [0, 0.1) is 0 Å². The van der Waals surface area contributed by atoms with Crippen LogP contribution in [-0.4, -0.2) is 25.7 Å². The van der Waals surface area contributed by atoms with E-state index in [0.717, 1.165) is 5.57 Å². The van der Waals surface area contributed by atoms with Crippen LogP contribution in [0.15, 0.2) is 47.5 Å². The molecule has 0 aromatic heterocycles. The van der Waals surface area contributed by atoms with Crippen LogP contribution in [0.2, 0.25) is 0 Å². The van der Waals surface area contributed by atoms with E-state index in [-0.39, 0.29) is 24.0 Å². The molecular weight excluding hydrogens is 353 g/mol. The lowest BCUT2D eigenvalue weighted by Crippen LogP contribution is -2.34. The molecule has 0 aliphatic rings. The molecule has 0 bridgehead atoms. The molecule has 3 N–H and O–H groups in total. The second-order valence-electron chi connectivity index (χ2n) is 4.12. The maximum Gasteiger partial charge on any atom is 0.188 e. The van der Waals surface area contributed by atoms with E-state index in [4.69, 9.17) is 10.5 Å². The number of halogens is 1. The highest BCUT2D eigenvalue weighted by molar-refractivity contribution is 14.0. The maximum atomic E-state index is 5.66. The van der Waals surface area contributed by atoms with E-state index in [1.54, 1.807) is 0 Å². The Hall–Kier alpha value is -1.08. The first kappa shape index (κ1) is 17.9. The molecule has 4 nitrogen and oxygen atoms in total. The van der Waals surface area contributed by atoms with Gasteiger partial charge in [-0.25, -0.2) is 4.99 Å². The standard InChI is InChI=1S/C14H21N3O.HI/c1-12(2)10-17-14(15)16-8-9-18-11-13-6-4-3-5-7-13;/h3-7H,1,8-11H2,2H3,(H3,15,16,17);1H. The molecule has 0 aliphatic carbocycles. The lowest BCUT2D eigenvalue weighted by molar-refractivity contribution is 0.125. The van der Waals surface area contributed by atoms with Crippen molar-refractivity contribution >= 4 is 29.9 Å². The molecule has 0 atom stereocenters. The van der Waals surface area contributed by atoms with E-state index in [9.17, 15) is 0 Å². The number of rotatable bonds is 7. The first-order chi connectivity index (χ1) is 8.68. The van der Waals surface area contributed by atoms with Crippen molar-refractivity contribution in [2.24, 2.45) is 10.7 Å². The van der Waals surface area contributed by atoms with Crippen molar-refractivity contribution in [3.63, 3.8) is 0 Å². The minimum absolute atomic E-state index is 0.